The van der Waals surface area contributed by atoms with Crippen LogP contribution in [0.15, 0.2) is 30.6 Å². The quantitative estimate of drug-likeness (QED) is 0.359. The molecule has 1 aromatic heterocycles. The van der Waals surface area contributed by atoms with Gasteiger partial charge in [-0.15, -0.1) is 0 Å². The van der Waals surface area contributed by atoms with E-state index in [2.05, 4.69) is 22.2 Å². The topological polar surface area (TPSA) is 110 Å². The Morgan fingerprint density at radius 2 is 1.94 bits per heavy atom. The van der Waals surface area contributed by atoms with Gasteiger partial charge in [0, 0.05) is 18.8 Å². The maximum Gasteiger partial charge on any atom is 0.353 e. The Balaban J connectivity index is 1.76. The number of nitro groups is 1. The second kappa shape index (κ2) is 10.7. The summed E-state index contributed by atoms with van der Waals surface area (Å²) in [5.74, 6) is 0.0400. The van der Waals surface area contributed by atoms with Gasteiger partial charge in [0.1, 0.15) is 6.33 Å². The van der Waals surface area contributed by atoms with Crippen molar-refractivity contribution in [3.63, 3.8) is 0 Å². The Morgan fingerprint density at radius 3 is 2.55 bits per heavy atom. The lowest BCUT2D eigenvalue weighted by molar-refractivity contribution is -0.383. The Kier molecular flexibility index (Phi) is 7.75. The number of piperidine rings is 1. The zero-order valence-electron chi connectivity index (χ0n) is 18.0. The largest absolute Gasteiger partial charge is 0.466 e. The molecule has 0 aliphatic carbocycles. The molecule has 0 spiro atoms. The molecule has 0 saturated carbocycles. The van der Waals surface area contributed by atoms with Gasteiger partial charge in [-0.2, -0.15) is 0 Å². The number of aromatic nitrogens is 2. The summed E-state index contributed by atoms with van der Waals surface area (Å²) < 4.78 is 5.10. The number of aryl methyl sites for hydroxylation is 1. The van der Waals surface area contributed by atoms with Crippen LogP contribution in [0.2, 0.25) is 0 Å². The lowest BCUT2D eigenvalue weighted by Gasteiger charge is -2.31. The minimum absolute atomic E-state index is 0.156. The van der Waals surface area contributed by atoms with E-state index in [1.807, 2.05) is 29.2 Å². The van der Waals surface area contributed by atoms with Crippen molar-refractivity contribution in [2.45, 2.75) is 46.0 Å². The predicted molar refractivity (Wildman–Crippen MR) is 119 cm³/mol. The molecule has 9 heteroatoms. The van der Waals surface area contributed by atoms with E-state index in [1.165, 1.54) is 11.9 Å². The van der Waals surface area contributed by atoms with Crippen LogP contribution in [0.5, 0.6) is 0 Å². The molecule has 2 aromatic rings. The minimum atomic E-state index is -0.454. The highest BCUT2D eigenvalue weighted by Crippen LogP contribution is 2.35. The molecule has 0 unspecified atom stereocenters. The van der Waals surface area contributed by atoms with Gasteiger partial charge in [-0.25, -0.2) is 9.97 Å². The van der Waals surface area contributed by atoms with Gasteiger partial charge in [-0.3, -0.25) is 14.9 Å². The molecule has 1 saturated heterocycles. The van der Waals surface area contributed by atoms with Crippen molar-refractivity contribution in [3.8, 4) is 0 Å². The molecule has 1 aromatic carbocycles. The van der Waals surface area contributed by atoms with Crippen molar-refractivity contribution in [3.05, 3.63) is 46.3 Å². The van der Waals surface area contributed by atoms with Gasteiger partial charge in [0.2, 0.25) is 11.6 Å². The Bertz CT molecular complexity index is 895. The standard InChI is InChI=1S/C22H29N5O4/c1-3-5-6-16-7-9-18(10-8-16)25-20-19(27(29)30)21(24-15-23-20)26-13-11-17(12-14-26)22(28)31-4-2/h7-10,15,17H,3-6,11-14H2,1-2H3,(H,23,24,25). The maximum absolute atomic E-state index is 12.0. The lowest BCUT2D eigenvalue weighted by atomic mass is 9.97. The normalized spacial score (nSPS) is 14.3. The van der Waals surface area contributed by atoms with Crippen LogP contribution < -0.4 is 10.2 Å². The van der Waals surface area contributed by atoms with Crippen LogP contribution in [0.1, 0.15) is 45.1 Å². The maximum atomic E-state index is 12.0. The van der Waals surface area contributed by atoms with Gasteiger partial charge in [0.05, 0.1) is 17.4 Å². The summed E-state index contributed by atoms with van der Waals surface area (Å²) in [7, 11) is 0. The summed E-state index contributed by atoms with van der Waals surface area (Å²) in [4.78, 5) is 33.6. The fourth-order valence-electron chi connectivity index (χ4n) is 3.72. The van der Waals surface area contributed by atoms with Crippen LogP contribution in [-0.2, 0) is 16.0 Å². The first kappa shape index (κ1) is 22.5. The van der Waals surface area contributed by atoms with Crippen LogP contribution in [0.3, 0.4) is 0 Å². The number of nitrogens with zero attached hydrogens (tertiary/aromatic N) is 4. The van der Waals surface area contributed by atoms with Crippen molar-refractivity contribution in [1.82, 2.24) is 9.97 Å². The molecule has 2 heterocycles. The first-order valence-electron chi connectivity index (χ1n) is 10.8. The smallest absolute Gasteiger partial charge is 0.353 e. The monoisotopic (exact) mass is 427 g/mol. The average Bonchev–Trinajstić information content (AvgIpc) is 2.78. The zero-order valence-corrected chi connectivity index (χ0v) is 18.0. The third-order valence-electron chi connectivity index (χ3n) is 5.44. The number of carbonyl (C=O) groups is 1. The average molecular weight is 428 g/mol. The molecule has 31 heavy (non-hydrogen) atoms. The number of unbranched alkanes of at least 4 members (excludes halogenated alkanes) is 1. The number of anilines is 3. The van der Waals surface area contributed by atoms with Crippen molar-refractivity contribution in [2.24, 2.45) is 5.92 Å². The van der Waals surface area contributed by atoms with Gasteiger partial charge in [0.25, 0.3) is 0 Å². The highest BCUT2D eigenvalue weighted by molar-refractivity contribution is 5.76. The zero-order chi connectivity index (χ0) is 22.2. The number of carbonyl (C=O) groups excluding carboxylic acids is 1. The van der Waals surface area contributed by atoms with E-state index in [0.29, 0.717) is 32.5 Å². The van der Waals surface area contributed by atoms with E-state index in [9.17, 15) is 14.9 Å². The molecular weight excluding hydrogens is 398 g/mol. The number of esters is 1. The molecule has 0 atom stereocenters. The highest BCUT2D eigenvalue weighted by atomic mass is 16.6. The number of rotatable bonds is 9. The summed E-state index contributed by atoms with van der Waals surface area (Å²) >= 11 is 0. The summed E-state index contributed by atoms with van der Waals surface area (Å²) in [6.45, 7) is 5.27. The fraction of sp³-hybridized carbons (Fsp3) is 0.500. The van der Waals surface area contributed by atoms with Crippen molar-refractivity contribution >= 4 is 29.0 Å². The molecule has 9 nitrogen and oxygen atoms in total. The Morgan fingerprint density at radius 1 is 1.23 bits per heavy atom. The van der Waals surface area contributed by atoms with E-state index >= 15 is 0 Å². The van der Waals surface area contributed by atoms with Crippen LogP contribution in [0.25, 0.3) is 0 Å². The van der Waals surface area contributed by atoms with E-state index < -0.39 is 4.92 Å². The van der Waals surface area contributed by atoms with Crippen LogP contribution in [-0.4, -0.2) is 40.6 Å². The van der Waals surface area contributed by atoms with E-state index in [4.69, 9.17) is 4.74 Å². The van der Waals surface area contributed by atoms with E-state index in [1.54, 1.807) is 6.92 Å². The number of nitrogens with one attached hydrogen (secondary N) is 1. The van der Waals surface area contributed by atoms with Crippen molar-refractivity contribution < 1.29 is 14.5 Å². The third kappa shape index (κ3) is 5.68. The summed E-state index contributed by atoms with van der Waals surface area (Å²) in [5, 5.41) is 15.0. The molecular formula is C22H29N5O4. The van der Waals surface area contributed by atoms with Gasteiger partial charge < -0.3 is 15.0 Å². The van der Waals surface area contributed by atoms with Gasteiger partial charge in [-0.05, 0) is 50.3 Å². The molecule has 0 amide bonds. The van der Waals surface area contributed by atoms with Gasteiger partial charge in [-0.1, -0.05) is 25.5 Å². The summed E-state index contributed by atoms with van der Waals surface area (Å²) in [6, 6.07) is 7.85. The van der Waals surface area contributed by atoms with Crippen molar-refractivity contribution in [2.75, 3.05) is 29.9 Å². The second-order valence-corrected chi connectivity index (χ2v) is 7.59. The molecule has 3 rings (SSSR count). The van der Waals surface area contributed by atoms with Crippen LogP contribution in [0.4, 0.5) is 23.0 Å². The molecule has 1 N–H and O–H groups in total. The molecule has 166 valence electrons. The summed E-state index contributed by atoms with van der Waals surface area (Å²) in [6.07, 6.45) is 5.74. The molecule has 0 bridgehead atoms. The van der Waals surface area contributed by atoms with Gasteiger partial charge >= 0.3 is 11.7 Å². The number of ether oxygens (including phenoxy) is 1. The first-order chi connectivity index (χ1) is 15.0. The van der Waals surface area contributed by atoms with E-state index in [-0.39, 0.29) is 29.2 Å². The third-order valence-corrected chi connectivity index (χ3v) is 5.44. The van der Waals surface area contributed by atoms with Crippen LogP contribution in [0, 0.1) is 16.0 Å². The highest BCUT2D eigenvalue weighted by Gasteiger charge is 2.32. The minimum Gasteiger partial charge on any atom is -0.466 e. The van der Waals surface area contributed by atoms with E-state index in [0.717, 1.165) is 24.9 Å². The number of benzene rings is 1. The molecule has 1 aliphatic rings. The SMILES string of the molecule is CCCCc1ccc(Nc2ncnc(N3CCC(C(=O)OCC)CC3)c2[N+](=O)[O-])cc1. The molecule has 1 fully saturated rings. The summed E-state index contributed by atoms with van der Waals surface area (Å²) in [5.41, 5.74) is 1.80. The Labute approximate surface area is 182 Å². The second-order valence-electron chi connectivity index (χ2n) is 7.59. The fourth-order valence-corrected chi connectivity index (χ4v) is 3.72. The predicted octanol–water partition coefficient (Wildman–Crippen LogP) is 4.25. The van der Waals surface area contributed by atoms with Crippen molar-refractivity contribution in [1.29, 1.82) is 0 Å². The number of hydrogen-bond acceptors (Lipinski definition) is 8. The number of hydrogen-bond donors (Lipinski definition) is 1. The van der Waals surface area contributed by atoms with Crippen LogP contribution >= 0.6 is 0 Å². The molecule has 1 aliphatic heterocycles. The first-order valence-corrected chi connectivity index (χ1v) is 10.8. The molecule has 0 radical (unpaired) electrons. The van der Waals surface area contributed by atoms with Gasteiger partial charge in [0.15, 0.2) is 0 Å². The Hall–Kier alpha value is -3.23. The lowest BCUT2D eigenvalue weighted by Crippen LogP contribution is -2.37.